The van der Waals surface area contributed by atoms with Gasteiger partial charge in [0.2, 0.25) is 0 Å². The van der Waals surface area contributed by atoms with Gasteiger partial charge in [-0.15, -0.1) is 0 Å². The van der Waals surface area contributed by atoms with Crippen molar-refractivity contribution < 1.29 is 32.3 Å². The second kappa shape index (κ2) is 7.75. The van der Waals surface area contributed by atoms with Crippen molar-refractivity contribution in [1.29, 1.82) is 0 Å². The Bertz CT molecular complexity index is 1010. The minimum absolute atomic E-state index is 0.454. The highest BCUT2D eigenvalue weighted by molar-refractivity contribution is 5.43. The van der Waals surface area contributed by atoms with Crippen molar-refractivity contribution in [3.8, 4) is 5.75 Å². The molecule has 0 aromatic heterocycles. The van der Waals surface area contributed by atoms with Gasteiger partial charge in [0.25, 0.3) is 5.69 Å². The molecule has 0 saturated heterocycles. The van der Waals surface area contributed by atoms with Crippen molar-refractivity contribution in [2.24, 2.45) is 0 Å². The van der Waals surface area contributed by atoms with Crippen molar-refractivity contribution in [1.82, 2.24) is 0 Å². The summed E-state index contributed by atoms with van der Waals surface area (Å²) in [4.78, 5) is 10.1. The Balaban J connectivity index is 2.14. The predicted molar refractivity (Wildman–Crippen MR) is 99.5 cm³/mol. The summed E-state index contributed by atoms with van der Waals surface area (Å²) in [6.07, 6.45) is -5.14. The van der Waals surface area contributed by atoms with Gasteiger partial charge in [0, 0.05) is 12.1 Å². The molecule has 1 N–H and O–H groups in total. The topological polar surface area (TPSA) is 72.6 Å². The molecule has 3 aromatic carbocycles. The number of ether oxygens (including phenoxy) is 1. The van der Waals surface area contributed by atoms with E-state index < -0.39 is 45.1 Å². The third-order valence-corrected chi connectivity index (χ3v) is 4.50. The number of non-ortho nitro benzene ring substituents is 1. The zero-order chi connectivity index (χ0) is 22.0. The van der Waals surface area contributed by atoms with Crippen LogP contribution in [-0.2, 0) is 5.60 Å². The fraction of sp³-hybridized carbons (Fsp3) is 0.143. The number of benzene rings is 3. The molecule has 30 heavy (non-hydrogen) atoms. The summed E-state index contributed by atoms with van der Waals surface area (Å²) in [7, 11) is 0. The Morgan fingerprint density at radius 1 is 0.767 bits per heavy atom. The molecule has 5 nitrogen and oxygen atoms in total. The van der Waals surface area contributed by atoms with E-state index in [0.717, 1.165) is 48.5 Å². The first kappa shape index (κ1) is 21.3. The summed E-state index contributed by atoms with van der Waals surface area (Å²) in [6, 6.07) is 15.7. The van der Waals surface area contributed by atoms with Gasteiger partial charge < -0.3 is 9.84 Å². The lowest BCUT2D eigenvalue weighted by atomic mass is 9.80. The molecule has 3 rings (SSSR count). The van der Waals surface area contributed by atoms with Crippen LogP contribution in [0.5, 0.6) is 5.75 Å². The fourth-order valence-electron chi connectivity index (χ4n) is 2.94. The first-order valence-corrected chi connectivity index (χ1v) is 8.62. The number of hydrogen-bond donors (Lipinski definition) is 1. The predicted octanol–water partition coefficient (Wildman–Crippen LogP) is 5.14. The number of nitro benzene ring substituents is 1. The molecule has 1 unspecified atom stereocenters. The van der Waals surface area contributed by atoms with E-state index in [1.807, 2.05) is 0 Å². The molecule has 0 aliphatic heterocycles. The normalized spacial score (nSPS) is 14.0. The first-order valence-electron chi connectivity index (χ1n) is 8.62. The molecule has 0 fully saturated rings. The van der Waals surface area contributed by atoms with Gasteiger partial charge in [-0.25, -0.2) is 0 Å². The molecule has 0 radical (unpaired) electrons. The smallest absolute Gasteiger partial charge is 0.428 e. The van der Waals surface area contributed by atoms with Crippen LogP contribution < -0.4 is 4.74 Å². The van der Waals surface area contributed by atoms with E-state index in [1.165, 1.54) is 36.4 Å². The van der Waals surface area contributed by atoms with E-state index in [2.05, 4.69) is 4.74 Å². The third-order valence-electron chi connectivity index (χ3n) is 4.50. The van der Waals surface area contributed by atoms with E-state index in [-0.39, 0.29) is 0 Å². The van der Waals surface area contributed by atoms with Gasteiger partial charge in [-0.2, -0.15) is 17.6 Å². The summed E-state index contributed by atoms with van der Waals surface area (Å²) < 4.78 is 64.3. The van der Waals surface area contributed by atoms with Gasteiger partial charge >= 0.3 is 12.0 Å². The molecular weight excluding hydrogens is 406 g/mol. The van der Waals surface area contributed by atoms with E-state index in [1.54, 1.807) is 0 Å². The first-order chi connectivity index (χ1) is 14.1. The van der Waals surface area contributed by atoms with E-state index in [4.69, 9.17) is 0 Å². The highest BCUT2D eigenvalue weighted by atomic mass is 19.3. The van der Waals surface area contributed by atoms with Crippen LogP contribution in [0.15, 0.2) is 84.9 Å². The van der Waals surface area contributed by atoms with E-state index >= 15 is 8.78 Å². The minimum atomic E-state index is -5.17. The maximum Gasteiger partial charge on any atom is 0.468 e. The Morgan fingerprint density at radius 3 is 1.73 bits per heavy atom. The van der Waals surface area contributed by atoms with Gasteiger partial charge in [-0.05, 0) is 35.4 Å². The lowest BCUT2D eigenvalue weighted by molar-refractivity contribution is -0.385. The number of para-hydroxylation sites is 1. The molecule has 0 spiro atoms. The molecule has 0 aliphatic carbocycles. The van der Waals surface area contributed by atoms with Crippen LogP contribution in [0, 0.1) is 10.1 Å². The summed E-state index contributed by atoms with van der Waals surface area (Å²) in [5, 5.41) is 21.9. The zero-order valence-corrected chi connectivity index (χ0v) is 15.2. The monoisotopic (exact) mass is 421 g/mol. The lowest BCUT2D eigenvalue weighted by Gasteiger charge is -2.39. The van der Waals surface area contributed by atoms with Crippen LogP contribution in [0.2, 0.25) is 0 Å². The number of aliphatic hydroxyl groups is 1. The largest absolute Gasteiger partial charge is 0.468 e. The second-order valence-corrected chi connectivity index (χ2v) is 6.39. The number of hydrogen-bond acceptors (Lipinski definition) is 4. The molecule has 0 heterocycles. The van der Waals surface area contributed by atoms with Crippen LogP contribution in [-0.4, -0.2) is 22.1 Å². The summed E-state index contributed by atoms with van der Waals surface area (Å²) >= 11 is 0. The van der Waals surface area contributed by atoms with Crippen molar-refractivity contribution in [3.63, 3.8) is 0 Å². The number of nitro groups is 1. The molecule has 0 saturated carbocycles. The highest BCUT2D eigenvalue weighted by Crippen LogP contribution is 2.51. The maximum atomic E-state index is 15.3. The Hall–Kier alpha value is -3.46. The van der Waals surface area contributed by atoms with Crippen molar-refractivity contribution in [2.45, 2.75) is 17.6 Å². The van der Waals surface area contributed by atoms with Gasteiger partial charge in [0.15, 0.2) is 5.60 Å². The average molecular weight is 421 g/mol. The molecule has 9 heteroatoms. The lowest BCUT2D eigenvalue weighted by Crippen LogP contribution is -2.59. The molecule has 0 aliphatic rings. The number of halogens is 4. The quantitative estimate of drug-likeness (QED) is 0.326. The van der Waals surface area contributed by atoms with E-state index in [0.29, 0.717) is 0 Å². The third kappa shape index (κ3) is 3.59. The van der Waals surface area contributed by atoms with Gasteiger partial charge in [-0.3, -0.25) is 10.1 Å². The van der Waals surface area contributed by atoms with Crippen LogP contribution in [0.3, 0.4) is 0 Å². The highest BCUT2D eigenvalue weighted by Gasteiger charge is 2.72. The summed E-state index contributed by atoms with van der Waals surface area (Å²) in [6.45, 7) is 0. The van der Waals surface area contributed by atoms with Crippen molar-refractivity contribution >= 4 is 5.69 Å². The summed E-state index contributed by atoms with van der Waals surface area (Å²) in [5.74, 6) is -5.70. The van der Waals surface area contributed by atoms with Crippen LogP contribution in [0.25, 0.3) is 0 Å². The standard InChI is InChI=1S/C21H15F4NO4/c22-20(23,21(24,25)30-18-9-5-2-6-10-18)19(27,15-7-3-1-4-8-15)16-11-13-17(14-12-16)26(28)29/h1-14,27H. The fourth-order valence-corrected chi connectivity index (χ4v) is 2.94. The Morgan fingerprint density at radius 2 is 1.23 bits per heavy atom. The van der Waals surface area contributed by atoms with Crippen LogP contribution >= 0.6 is 0 Å². The average Bonchev–Trinajstić information content (AvgIpc) is 2.74. The SMILES string of the molecule is O=[N+]([O-])c1ccc(C(O)(c2ccccc2)C(F)(F)C(F)(F)Oc2ccccc2)cc1. The number of rotatable bonds is 7. The molecule has 156 valence electrons. The van der Waals surface area contributed by atoms with Crippen molar-refractivity contribution in [2.75, 3.05) is 0 Å². The van der Waals surface area contributed by atoms with Gasteiger partial charge in [0.05, 0.1) is 4.92 Å². The molecule has 0 amide bonds. The van der Waals surface area contributed by atoms with Crippen molar-refractivity contribution in [3.05, 3.63) is 106 Å². The number of alkyl halides is 4. The molecule has 3 aromatic rings. The molecule has 0 bridgehead atoms. The van der Waals surface area contributed by atoms with E-state index in [9.17, 15) is 24.0 Å². The summed E-state index contributed by atoms with van der Waals surface area (Å²) in [5.41, 5.74) is -5.22. The van der Waals surface area contributed by atoms with Crippen LogP contribution in [0.4, 0.5) is 23.2 Å². The molecular formula is C21H15F4NO4. The Labute approximate surface area is 168 Å². The second-order valence-electron chi connectivity index (χ2n) is 6.39. The van der Waals surface area contributed by atoms with Gasteiger partial charge in [0.1, 0.15) is 5.75 Å². The Kier molecular flexibility index (Phi) is 5.49. The van der Waals surface area contributed by atoms with Crippen LogP contribution in [0.1, 0.15) is 11.1 Å². The van der Waals surface area contributed by atoms with Gasteiger partial charge in [-0.1, -0.05) is 48.5 Å². The minimum Gasteiger partial charge on any atom is -0.428 e. The zero-order valence-electron chi connectivity index (χ0n) is 15.2. The molecule has 1 atom stereocenters. The number of nitrogens with zero attached hydrogens (tertiary/aromatic N) is 1. The maximum absolute atomic E-state index is 15.3.